The third kappa shape index (κ3) is 5.55. The number of aryl methyl sites for hydroxylation is 2. The molecule has 1 aromatic rings. The zero-order valence-corrected chi connectivity index (χ0v) is 13.6. The van der Waals surface area contributed by atoms with E-state index in [0.29, 0.717) is 0 Å². The smallest absolute Gasteiger partial charge is 0.131 e. The van der Waals surface area contributed by atoms with Crippen molar-refractivity contribution in [1.29, 1.82) is 0 Å². The van der Waals surface area contributed by atoms with Gasteiger partial charge in [-0.1, -0.05) is 6.92 Å². The van der Waals surface area contributed by atoms with E-state index in [0.717, 1.165) is 49.6 Å². The molecule has 0 aliphatic rings. The van der Waals surface area contributed by atoms with Gasteiger partial charge in [-0.3, -0.25) is 0 Å². The number of hydrogen-bond acceptors (Lipinski definition) is 4. The Hall–Kier alpha value is -1.00. The number of nitrogens with zero attached hydrogens (tertiary/aromatic N) is 2. The molecule has 0 saturated carbocycles. The van der Waals surface area contributed by atoms with E-state index in [9.17, 15) is 0 Å². The number of nitrogens with one attached hydrogen (secondary N) is 1. The Labute approximate surface area is 123 Å². The lowest BCUT2D eigenvalue weighted by Crippen LogP contribution is -2.17. The zero-order valence-electron chi connectivity index (χ0n) is 13.6. The number of hydrogen-bond donors (Lipinski definition) is 1. The first-order valence-corrected chi connectivity index (χ1v) is 7.65. The third-order valence-electron chi connectivity index (χ3n) is 3.55. The first-order chi connectivity index (χ1) is 9.58. The summed E-state index contributed by atoms with van der Waals surface area (Å²) in [5, 5.41) is 3.43. The van der Waals surface area contributed by atoms with E-state index in [1.807, 2.05) is 6.92 Å². The number of methoxy groups -OCH3 is 1. The third-order valence-corrected chi connectivity index (χ3v) is 3.55. The minimum Gasteiger partial charge on any atom is -0.381 e. The van der Waals surface area contributed by atoms with Gasteiger partial charge in [0.15, 0.2) is 0 Å². The minimum absolute atomic E-state index is 0.165. The van der Waals surface area contributed by atoms with E-state index < -0.39 is 0 Å². The molecule has 0 aliphatic heterocycles. The molecule has 1 aromatic heterocycles. The highest BCUT2D eigenvalue weighted by atomic mass is 16.5. The van der Waals surface area contributed by atoms with Crippen LogP contribution in [0, 0.1) is 13.8 Å². The first kappa shape index (κ1) is 17.1. The van der Waals surface area contributed by atoms with Crippen LogP contribution in [-0.4, -0.2) is 36.3 Å². The van der Waals surface area contributed by atoms with Gasteiger partial charge in [-0.15, -0.1) is 0 Å². The second kappa shape index (κ2) is 9.03. The van der Waals surface area contributed by atoms with Crippen LogP contribution in [0.1, 0.15) is 49.5 Å². The predicted octanol–water partition coefficient (Wildman–Crippen LogP) is 2.60. The van der Waals surface area contributed by atoms with Crippen molar-refractivity contribution >= 4 is 0 Å². The van der Waals surface area contributed by atoms with Gasteiger partial charge in [0.05, 0.1) is 6.10 Å². The van der Waals surface area contributed by atoms with Gasteiger partial charge < -0.3 is 10.1 Å². The van der Waals surface area contributed by atoms with Crippen molar-refractivity contribution in [1.82, 2.24) is 15.3 Å². The highest BCUT2D eigenvalue weighted by molar-refractivity contribution is 5.24. The van der Waals surface area contributed by atoms with Crippen LogP contribution in [0.2, 0.25) is 0 Å². The fourth-order valence-corrected chi connectivity index (χ4v) is 2.29. The highest BCUT2D eigenvalue weighted by Gasteiger charge is 2.10. The van der Waals surface area contributed by atoms with Gasteiger partial charge in [0.2, 0.25) is 0 Å². The lowest BCUT2D eigenvalue weighted by atomic mass is 10.1. The van der Waals surface area contributed by atoms with Crippen molar-refractivity contribution in [3.63, 3.8) is 0 Å². The molecule has 0 radical (unpaired) electrons. The van der Waals surface area contributed by atoms with Crippen molar-refractivity contribution in [2.45, 2.75) is 59.5 Å². The second-order valence-electron chi connectivity index (χ2n) is 5.39. The van der Waals surface area contributed by atoms with E-state index in [-0.39, 0.29) is 6.10 Å². The van der Waals surface area contributed by atoms with E-state index in [4.69, 9.17) is 4.74 Å². The van der Waals surface area contributed by atoms with E-state index in [1.54, 1.807) is 7.11 Å². The van der Waals surface area contributed by atoms with Crippen molar-refractivity contribution < 1.29 is 4.74 Å². The van der Waals surface area contributed by atoms with Crippen molar-refractivity contribution in [3.8, 4) is 0 Å². The Bertz CT molecular complexity index is 384. The van der Waals surface area contributed by atoms with Crippen LogP contribution in [0.3, 0.4) is 0 Å². The summed E-state index contributed by atoms with van der Waals surface area (Å²) >= 11 is 0. The molecule has 1 unspecified atom stereocenters. The molecule has 1 atom stereocenters. The Kier molecular flexibility index (Phi) is 7.70. The monoisotopic (exact) mass is 279 g/mol. The summed E-state index contributed by atoms with van der Waals surface area (Å²) in [6, 6.07) is 0. The lowest BCUT2D eigenvalue weighted by Gasteiger charge is -2.13. The molecule has 4 heteroatoms. The summed E-state index contributed by atoms with van der Waals surface area (Å²) in [7, 11) is 1.72. The molecule has 20 heavy (non-hydrogen) atoms. The summed E-state index contributed by atoms with van der Waals surface area (Å²) in [5.74, 6) is 0.891. The molecule has 0 bridgehead atoms. The molecule has 0 spiro atoms. The predicted molar refractivity (Wildman–Crippen MR) is 83.2 cm³/mol. The molecule has 4 nitrogen and oxygen atoms in total. The number of aromatic nitrogens is 2. The molecule has 1 N–H and O–H groups in total. The summed E-state index contributed by atoms with van der Waals surface area (Å²) in [5.41, 5.74) is 3.54. The average molecular weight is 279 g/mol. The van der Waals surface area contributed by atoms with Crippen LogP contribution >= 0.6 is 0 Å². The van der Waals surface area contributed by atoms with Gasteiger partial charge in [0.1, 0.15) is 5.82 Å². The maximum atomic E-state index is 5.28. The van der Waals surface area contributed by atoms with Crippen molar-refractivity contribution in [2.75, 3.05) is 20.2 Å². The van der Waals surface area contributed by atoms with Gasteiger partial charge in [0.25, 0.3) is 0 Å². The van der Waals surface area contributed by atoms with E-state index >= 15 is 0 Å². The summed E-state index contributed by atoms with van der Waals surface area (Å²) in [6.07, 6.45) is 4.31. The van der Waals surface area contributed by atoms with Crippen LogP contribution < -0.4 is 5.32 Å². The first-order valence-electron chi connectivity index (χ1n) is 7.65. The summed E-state index contributed by atoms with van der Waals surface area (Å²) < 4.78 is 5.28. The van der Waals surface area contributed by atoms with Gasteiger partial charge in [-0.2, -0.15) is 0 Å². The molecule has 0 aliphatic carbocycles. The Balaban J connectivity index is 2.59. The number of rotatable bonds is 9. The molecular weight excluding hydrogens is 250 g/mol. The quantitative estimate of drug-likeness (QED) is 0.706. The van der Waals surface area contributed by atoms with Crippen LogP contribution in [0.25, 0.3) is 0 Å². The lowest BCUT2D eigenvalue weighted by molar-refractivity contribution is 0.117. The summed E-state index contributed by atoms with van der Waals surface area (Å²) in [6.45, 7) is 10.6. The van der Waals surface area contributed by atoms with Crippen molar-refractivity contribution in [3.05, 3.63) is 22.8 Å². The van der Waals surface area contributed by atoms with Crippen LogP contribution in [0.4, 0.5) is 0 Å². The largest absolute Gasteiger partial charge is 0.381 e. The molecule has 114 valence electrons. The van der Waals surface area contributed by atoms with Gasteiger partial charge in [-0.05, 0) is 58.7 Å². The zero-order chi connectivity index (χ0) is 15.0. The molecular formula is C16H29N3O. The highest BCUT2D eigenvalue weighted by Crippen LogP contribution is 2.13. The minimum atomic E-state index is 0.165. The molecule has 0 amide bonds. The Morgan fingerprint density at radius 1 is 1.15 bits per heavy atom. The van der Waals surface area contributed by atoms with Gasteiger partial charge in [-0.25, -0.2) is 9.97 Å². The fourth-order valence-electron chi connectivity index (χ4n) is 2.29. The van der Waals surface area contributed by atoms with E-state index in [1.165, 1.54) is 12.0 Å². The van der Waals surface area contributed by atoms with Crippen molar-refractivity contribution in [2.24, 2.45) is 0 Å². The van der Waals surface area contributed by atoms with Crippen LogP contribution in [0.5, 0.6) is 0 Å². The fraction of sp³-hybridized carbons (Fsp3) is 0.750. The standard InChI is InChI=1S/C16H29N3O/c1-6-9-17-10-7-8-15-13(3)18-16(19-14(15)4)11-12(2)20-5/h12,17H,6-11H2,1-5H3. The van der Waals surface area contributed by atoms with Gasteiger partial charge >= 0.3 is 0 Å². The van der Waals surface area contributed by atoms with Gasteiger partial charge in [0, 0.05) is 24.9 Å². The maximum absolute atomic E-state index is 5.28. The average Bonchev–Trinajstić information content (AvgIpc) is 2.41. The van der Waals surface area contributed by atoms with Crippen LogP contribution in [0.15, 0.2) is 0 Å². The summed E-state index contributed by atoms with van der Waals surface area (Å²) in [4.78, 5) is 9.25. The molecule has 0 fully saturated rings. The normalized spacial score (nSPS) is 12.7. The SMILES string of the molecule is CCCNCCCc1c(C)nc(CC(C)OC)nc1C. The molecule has 0 aromatic carbocycles. The molecule has 1 rings (SSSR count). The number of ether oxygens (including phenoxy) is 1. The van der Waals surface area contributed by atoms with E-state index in [2.05, 4.69) is 36.1 Å². The Morgan fingerprint density at radius 3 is 2.35 bits per heavy atom. The maximum Gasteiger partial charge on any atom is 0.131 e. The Morgan fingerprint density at radius 2 is 1.80 bits per heavy atom. The van der Waals surface area contributed by atoms with Crippen LogP contribution in [-0.2, 0) is 17.6 Å². The molecule has 1 heterocycles. The topological polar surface area (TPSA) is 47.0 Å². The molecule has 0 saturated heterocycles. The second-order valence-corrected chi connectivity index (χ2v) is 5.39.